The lowest BCUT2D eigenvalue weighted by molar-refractivity contribution is 0.0962. The van der Waals surface area contributed by atoms with Gasteiger partial charge in [-0.05, 0) is 19.2 Å². The van der Waals surface area contributed by atoms with E-state index >= 15 is 0 Å². The Morgan fingerprint density at radius 1 is 1.08 bits per heavy atom. The maximum absolute atomic E-state index is 12.1. The molecule has 1 aromatic carbocycles. The number of rotatable bonds is 5. The topological polar surface area (TPSA) is 111 Å². The van der Waals surface area contributed by atoms with E-state index in [0.29, 0.717) is 22.9 Å². The summed E-state index contributed by atoms with van der Waals surface area (Å²) < 4.78 is 0. The van der Waals surface area contributed by atoms with E-state index in [1.54, 1.807) is 24.3 Å². The number of anilines is 3. The Morgan fingerprint density at radius 3 is 2.48 bits per heavy atom. The van der Waals surface area contributed by atoms with Gasteiger partial charge in [-0.3, -0.25) is 15.6 Å². The molecule has 0 spiro atoms. The number of aromatic nitrogens is 2. The van der Waals surface area contributed by atoms with Crippen LogP contribution in [0.4, 0.5) is 17.3 Å². The SMILES string of the molecule is CN1CCN(Nc2ncnc(NNC(=O)c3ccccc3)c2N)CC1. The van der Waals surface area contributed by atoms with E-state index in [0.717, 1.165) is 26.2 Å². The third-order valence-electron chi connectivity index (χ3n) is 3.98. The monoisotopic (exact) mass is 342 g/mol. The molecule has 0 saturated carbocycles. The van der Waals surface area contributed by atoms with Crippen molar-refractivity contribution in [2.45, 2.75) is 0 Å². The van der Waals surface area contributed by atoms with Crippen LogP contribution < -0.4 is 22.0 Å². The van der Waals surface area contributed by atoms with E-state index in [1.165, 1.54) is 6.33 Å². The highest BCUT2D eigenvalue weighted by Gasteiger charge is 2.16. The van der Waals surface area contributed by atoms with Crippen LogP contribution in [0.5, 0.6) is 0 Å². The number of carbonyl (C=O) groups is 1. The maximum Gasteiger partial charge on any atom is 0.269 e. The Hall–Kier alpha value is -2.91. The first-order valence-electron chi connectivity index (χ1n) is 8.05. The molecule has 1 amide bonds. The van der Waals surface area contributed by atoms with Gasteiger partial charge in [-0.2, -0.15) is 0 Å². The highest BCUT2D eigenvalue weighted by atomic mass is 16.2. The van der Waals surface area contributed by atoms with Crippen LogP contribution in [-0.4, -0.2) is 59.0 Å². The third kappa shape index (κ3) is 4.34. The summed E-state index contributed by atoms with van der Waals surface area (Å²) in [4.78, 5) is 22.6. The van der Waals surface area contributed by atoms with Crippen LogP contribution in [0, 0.1) is 0 Å². The molecule has 0 unspecified atom stereocenters. The van der Waals surface area contributed by atoms with Crippen LogP contribution in [0.15, 0.2) is 36.7 Å². The molecule has 0 bridgehead atoms. The first kappa shape index (κ1) is 16.9. The first-order valence-corrected chi connectivity index (χ1v) is 8.05. The number of benzene rings is 1. The minimum atomic E-state index is -0.271. The highest BCUT2D eigenvalue weighted by Crippen LogP contribution is 2.22. The average molecular weight is 342 g/mol. The quantitative estimate of drug-likeness (QED) is 0.578. The predicted molar refractivity (Wildman–Crippen MR) is 96.7 cm³/mol. The van der Waals surface area contributed by atoms with Crippen molar-refractivity contribution in [3.63, 3.8) is 0 Å². The van der Waals surface area contributed by atoms with Crippen molar-refractivity contribution in [3.05, 3.63) is 42.2 Å². The minimum absolute atomic E-state index is 0.271. The molecule has 1 aliphatic heterocycles. The molecule has 2 aromatic rings. The summed E-state index contributed by atoms with van der Waals surface area (Å²) in [6.45, 7) is 3.67. The van der Waals surface area contributed by atoms with Crippen molar-refractivity contribution in [3.8, 4) is 0 Å². The number of nitrogens with two attached hydrogens (primary N) is 1. The summed E-state index contributed by atoms with van der Waals surface area (Å²) in [5.74, 6) is 0.583. The van der Waals surface area contributed by atoms with Gasteiger partial charge in [0.25, 0.3) is 5.91 Å². The van der Waals surface area contributed by atoms with Crippen molar-refractivity contribution in [2.75, 3.05) is 49.8 Å². The highest BCUT2D eigenvalue weighted by molar-refractivity contribution is 5.95. The van der Waals surface area contributed by atoms with Gasteiger partial charge in [0.2, 0.25) is 0 Å². The molecule has 1 fully saturated rings. The van der Waals surface area contributed by atoms with Crippen LogP contribution in [0.2, 0.25) is 0 Å². The lowest BCUT2D eigenvalue weighted by Crippen LogP contribution is -2.47. The van der Waals surface area contributed by atoms with Crippen molar-refractivity contribution >= 4 is 23.2 Å². The molecule has 0 radical (unpaired) electrons. The number of amides is 1. The van der Waals surface area contributed by atoms with Gasteiger partial charge < -0.3 is 16.1 Å². The van der Waals surface area contributed by atoms with Crippen LogP contribution in [0.3, 0.4) is 0 Å². The lowest BCUT2D eigenvalue weighted by Gasteiger charge is -2.32. The Morgan fingerprint density at radius 2 is 1.76 bits per heavy atom. The van der Waals surface area contributed by atoms with Gasteiger partial charge in [-0.25, -0.2) is 15.0 Å². The molecule has 0 atom stereocenters. The summed E-state index contributed by atoms with van der Waals surface area (Å²) >= 11 is 0. The van der Waals surface area contributed by atoms with Gasteiger partial charge in [0.15, 0.2) is 11.6 Å². The van der Waals surface area contributed by atoms with Gasteiger partial charge >= 0.3 is 0 Å². The van der Waals surface area contributed by atoms with Crippen molar-refractivity contribution in [1.82, 2.24) is 25.3 Å². The summed E-state index contributed by atoms with van der Waals surface area (Å²) in [7, 11) is 2.09. The molecule has 25 heavy (non-hydrogen) atoms. The summed E-state index contributed by atoms with van der Waals surface area (Å²) in [5.41, 5.74) is 15.5. The van der Waals surface area contributed by atoms with E-state index in [2.05, 4.69) is 43.2 Å². The molecular weight excluding hydrogens is 320 g/mol. The number of hydrogen-bond acceptors (Lipinski definition) is 8. The predicted octanol–water partition coefficient (Wildman–Crippen LogP) is 0.390. The second-order valence-electron chi connectivity index (χ2n) is 5.83. The number of likely N-dealkylation sites (N-methyl/N-ethyl adjacent to an activating group) is 1. The molecule has 1 aromatic heterocycles. The number of carbonyl (C=O) groups excluding carboxylic acids is 1. The summed E-state index contributed by atoms with van der Waals surface area (Å²) in [6.07, 6.45) is 1.39. The van der Waals surface area contributed by atoms with Crippen molar-refractivity contribution < 1.29 is 4.79 Å². The third-order valence-corrected chi connectivity index (χ3v) is 3.98. The fourth-order valence-electron chi connectivity index (χ4n) is 2.43. The van der Waals surface area contributed by atoms with Crippen LogP contribution in [0.25, 0.3) is 0 Å². The number of nitrogens with one attached hydrogen (secondary N) is 3. The van der Waals surface area contributed by atoms with Gasteiger partial charge in [0, 0.05) is 31.7 Å². The zero-order chi connectivity index (χ0) is 17.6. The number of hydrazine groups is 2. The smallest absolute Gasteiger partial charge is 0.269 e. The molecule has 2 heterocycles. The normalized spacial score (nSPS) is 15.6. The summed E-state index contributed by atoms with van der Waals surface area (Å²) in [6, 6.07) is 8.89. The largest absolute Gasteiger partial charge is 0.393 e. The Balaban J connectivity index is 1.62. The molecule has 9 nitrogen and oxygen atoms in total. The number of hydrogen-bond donors (Lipinski definition) is 4. The molecule has 3 rings (SSSR count). The maximum atomic E-state index is 12.1. The standard InChI is InChI=1S/C16H22N8O/c1-23-7-9-24(10-8-23)22-15-13(17)14(18-11-19-15)20-21-16(25)12-5-3-2-4-6-12/h2-6,11H,7-10,17H2,1H3,(H,21,25)(H2,18,19,20,22). The lowest BCUT2D eigenvalue weighted by atomic mass is 10.2. The van der Waals surface area contributed by atoms with Crippen LogP contribution >= 0.6 is 0 Å². The number of nitrogens with zero attached hydrogens (tertiary/aromatic N) is 4. The molecule has 132 valence electrons. The minimum Gasteiger partial charge on any atom is -0.393 e. The van der Waals surface area contributed by atoms with Crippen LogP contribution in [-0.2, 0) is 0 Å². The van der Waals surface area contributed by atoms with E-state index in [1.807, 2.05) is 6.07 Å². The van der Waals surface area contributed by atoms with Crippen molar-refractivity contribution in [1.29, 1.82) is 0 Å². The molecule has 0 aliphatic carbocycles. The van der Waals surface area contributed by atoms with Crippen molar-refractivity contribution in [2.24, 2.45) is 0 Å². The molecule has 1 aliphatic rings. The summed E-state index contributed by atoms with van der Waals surface area (Å²) in [5, 5.41) is 2.06. The fourth-order valence-corrected chi connectivity index (χ4v) is 2.43. The second-order valence-corrected chi connectivity index (χ2v) is 5.83. The zero-order valence-corrected chi connectivity index (χ0v) is 14.1. The van der Waals surface area contributed by atoms with Gasteiger partial charge in [-0.15, -0.1) is 0 Å². The van der Waals surface area contributed by atoms with E-state index < -0.39 is 0 Å². The van der Waals surface area contributed by atoms with E-state index in [4.69, 9.17) is 5.73 Å². The molecule has 9 heteroatoms. The van der Waals surface area contributed by atoms with E-state index in [9.17, 15) is 4.79 Å². The van der Waals surface area contributed by atoms with Gasteiger partial charge in [-0.1, -0.05) is 18.2 Å². The number of nitrogen functional groups attached to an aromatic ring is 1. The zero-order valence-electron chi connectivity index (χ0n) is 14.1. The Labute approximate surface area is 146 Å². The molecular formula is C16H22N8O. The Kier molecular flexibility index (Phi) is 5.26. The van der Waals surface area contributed by atoms with Gasteiger partial charge in [0.05, 0.1) is 0 Å². The molecule has 1 saturated heterocycles. The fraction of sp³-hybridized carbons (Fsp3) is 0.312. The van der Waals surface area contributed by atoms with E-state index in [-0.39, 0.29) is 5.91 Å². The Bertz CT molecular complexity index is 715. The average Bonchev–Trinajstić information content (AvgIpc) is 2.64. The second kappa shape index (κ2) is 7.77. The van der Waals surface area contributed by atoms with Gasteiger partial charge in [0.1, 0.15) is 12.0 Å². The number of piperazine rings is 1. The van der Waals surface area contributed by atoms with Crippen LogP contribution in [0.1, 0.15) is 10.4 Å². The first-order chi connectivity index (χ1) is 12.1. The molecule has 5 N–H and O–H groups in total.